The largest absolute Gasteiger partial charge is 0.508 e. The van der Waals surface area contributed by atoms with E-state index >= 15 is 0 Å². The molecule has 6 nitrogen and oxygen atoms in total. The molecular formula is C17H14FN5OS. The van der Waals surface area contributed by atoms with E-state index in [-0.39, 0.29) is 11.6 Å². The average molecular weight is 355 g/mol. The molecule has 0 radical (unpaired) electrons. The molecule has 2 aromatic carbocycles. The molecule has 0 saturated heterocycles. The number of hydrogen-bond donors (Lipinski definition) is 2. The van der Waals surface area contributed by atoms with Gasteiger partial charge in [-0.15, -0.1) is 15.3 Å². The predicted octanol–water partition coefficient (Wildman–Crippen LogP) is 3.56. The van der Waals surface area contributed by atoms with Crippen LogP contribution >= 0.6 is 11.3 Å². The molecule has 4 aromatic rings. The van der Waals surface area contributed by atoms with Gasteiger partial charge in [0.15, 0.2) is 5.82 Å². The Labute approximate surface area is 146 Å². The predicted molar refractivity (Wildman–Crippen MR) is 93.9 cm³/mol. The summed E-state index contributed by atoms with van der Waals surface area (Å²) >= 11 is 1.35. The number of aryl methyl sites for hydroxylation is 2. The number of aromatic hydroxyl groups is 1. The maximum Gasteiger partial charge on any atom is 0.236 e. The normalized spacial score (nSPS) is 11.1. The van der Waals surface area contributed by atoms with Crippen LogP contribution in [0.4, 0.5) is 15.2 Å². The Morgan fingerprint density at radius 3 is 2.72 bits per heavy atom. The summed E-state index contributed by atoms with van der Waals surface area (Å²) in [6, 6.07) is 13.3. The molecule has 2 heterocycles. The van der Waals surface area contributed by atoms with Crippen molar-refractivity contribution in [1.29, 1.82) is 0 Å². The number of fused-ring (bicyclic) bond motifs is 1. The van der Waals surface area contributed by atoms with Crippen molar-refractivity contribution in [3.05, 3.63) is 65.7 Å². The highest BCUT2D eigenvalue weighted by atomic mass is 32.1. The molecule has 0 saturated carbocycles. The van der Waals surface area contributed by atoms with Crippen molar-refractivity contribution in [2.24, 2.45) is 0 Å². The number of aromatic nitrogens is 4. The molecule has 0 aliphatic heterocycles. The van der Waals surface area contributed by atoms with Gasteiger partial charge in [0.2, 0.25) is 10.1 Å². The van der Waals surface area contributed by atoms with Gasteiger partial charge in [-0.2, -0.15) is 4.52 Å². The van der Waals surface area contributed by atoms with E-state index in [0.29, 0.717) is 22.2 Å². The van der Waals surface area contributed by atoms with E-state index in [0.717, 1.165) is 17.8 Å². The minimum absolute atomic E-state index is 0.251. The molecule has 2 aromatic heterocycles. The van der Waals surface area contributed by atoms with Gasteiger partial charge in [0.05, 0.1) is 0 Å². The number of benzene rings is 2. The fourth-order valence-electron chi connectivity index (χ4n) is 2.47. The molecule has 0 amide bonds. The van der Waals surface area contributed by atoms with Gasteiger partial charge in [-0.05, 0) is 42.3 Å². The number of anilines is 2. The SMILES string of the molecule is Oc1ccc(CCc2nnc3sc(Nc4cccc(F)c4)nn23)cc1. The number of halogens is 1. The van der Waals surface area contributed by atoms with E-state index in [1.165, 1.54) is 23.5 Å². The van der Waals surface area contributed by atoms with E-state index < -0.39 is 0 Å². The summed E-state index contributed by atoms with van der Waals surface area (Å²) < 4.78 is 15.0. The highest BCUT2D eigenvalue weighted by Gasteiger charge is 2.12. The molecule has 0 atom stereocenters. The first-order valence-corrected chi connectivity index (χ1v) is 8.51. The lowest BCUT2D eigenvalue weighted by atomic mass is 10.1. The second-order valence-corrected chi connectivity index (χ2v) is 6.48. The molecule has 126 valence electrons. The van der Waals surface area contributed by atoms with Crippen molar-refractivity contribution in [3.8, 4) is 5.75 Å². The first-order chi connectivity index (χ1) is 12.2. The van der Waals surface area contributed by atoms with E-state index in [2.05, 4.69) is 20.6 Å². The van der Waals surface area contributed by atoms with Crippen LogP contribution in [0.2, 0.25) is 0 Å². The molecule has 0 unspecified atom stereocenters. The number of phenols is 1. The third kappa shape index (κ3) is 3.43. The summed E-state index contributed by atoms with van der Waals surface area (Å²) in [5.74, 6) is 0.704. The number of nitrogens with one attached hydrogen (secondary N) is 1. The number of nitrogens with zero attached hydrogens (tertiary/aromatic N) is 4. The zero-order chi connectivity index (χ0) is 17.2. The maximum absolute atomic E-state index is 13.3. The van der Waals surface area contributed by atoms with Gasteiger partial charge in [0.1, 0.15) is 11.6 Å². The van der Waals surface area contributed by atoms with Crippen molar-refractivity contribution in [2.45, 2.75) is 12.8 Å². The topological polar surface area (TPSA) is 75.3 Å². The van der Waals surface area contributed by atoms with E-state index in [4.69, 9.17) is 0 Å². The zero-order valence-electron chi connectivity index (χ0n) is 13.1. The first-order valence-electron chi connectivity index (χ1n) is 7.69. The lowest BCUT2D eigenvalue weighted by molar-refractivity contribution is 0.475. The Hall–Kier alpha value is -3.00. The molecule has 0 fully saturated rings. The Bertz CT molecular complexity index is 1010. The monoisotopic (exact) mass is 355 g/mol. The van der Waals surface area contributed by atoms with E-state index in [1.807, 2.05) is 12.1 Å². The molecular weight excluding hydrogens is 341 g/mol. The smallest absolute Gasteiger partial charge is 0.236 e. The number of hydrogen-bond acceptors (Lipinski definition) is 6. The lowest BCUT2D eigenvalue weighted by Crippen LogP contribution is -2.00. The van der Waals surface area contributed by atoms with Crippen LogP contribution in [0.15, 0.2) is 48.5 Å². The van der Waals surface area contributed by atoms with Gasteiger partial charge < -0.3 is 10.4 Å². The summed E-state index contributed by atoms with van der Waals surface area (Å²) in [6.45, 7) is 0. The van der Waals surface area contributed by atoms with Crippen LogP contribution in [0.1, 0.15) is 11.4 Å². The third-order valence-electron chi connectivity index (χ3n) is 3.70. The minimum atomic E-state index is -0.303. The molecule has 4 rings (SSSR count). The molecule has 0 aliphatic rings. The standard InChI is InChI=1S/C17H14FN5OS/c18-12-2-1-3-13(10-12)19-16-22-23-15(20-21-17(23)25-16)9-6-11-4-7-14(24)8-5-11/h1-5,7-8,10,24H,6,9H2,(H,19,22). The summed E-state index contributed by atoms with van der Waals surface area (Å²) in [7, 11) is 0. The number of phenolic OH excluding ortho intramolecular Hbond substituents is 1. The Balaban J connectivity index is 1.51. The van der Waals surface area contributed by atoms with Crippen molar-refractivity contribution in [3.63, 3.8) is 0 Å². The molecule has 8 heteroatoms. The van der Waals surface area contributed by atoms with Crippen molar-refractivity contribution in [2.75, 3.05) is 5.32 Å². The highest BCUT2D eigenvalue weighted by Crippen LogP contribution is 2.23. The van der Waals surface area contributed by atoms with Crippen LogP contribution in [0.3, 0.4) is 0 Å². The van der Waals surface area contributed by atoms with Crippen LogP contribution in [-0.4, -0.2) is 24.9 Å². The van der Waals surface area contributed by atoms with Gasteiger partial charge in [0.25, 0.3) is 0 Å². The van der Waals surface area contributed by atoms with Gasteiger partial charge in [-0.3, -0.25) is 0 Å². The third-order valence-corrected chi connectivity index (χ3v) is 4.52. The van der Waals surface area contributed by atoms with E-state index in [1.54, 1.807) is 28.8 Å². The first kappa shape index (κ1) is 15.5. The van der Waals surface area contributed by atoms with Crippen molar-refractivity contribution in [1.82, 2.24) is 19.8 Å². The second kappa shape index (κ2) is 6.48. The van der Waals surface area contributed by atoms with Crippen LogP contribution in [-0.2, 0) is 12.8 Å². The zero-order valence-corrected chi connectivity index (χ0v) is 13.9. The fourth-order valence-corrected chi connectivity index (χ4v) is 3.25. The molecule has 2 N–H and O–H groups in total. The van der Waals surface area contributed by atoms with Crippen molar-refractivity contribution >= 4 is 27.1 Å². The highest BCUT2D eigenvalue weighted by molar-refractivity contribution is 7.20. The van der Waals surface area contributed by atoms with Crippen LogP contribution in [0, 0.1) is 5.82 Å². The summed E-state index contributed by atoms with van der Waals surface area (Å²) in [6.07, 6.45) is 1.44. The average Bonchev–Trinajstić information content (AvgIpc) is 3.15. The van der Waals surface area contributed by atoms with Gasteiger partial charge in [0, 0.05) is 12.1 Å². The summed E-state index contributed by atoms with van der Waals surface area (Å²) in [5.41, 5.74) is 1.73. The molecule has 0 bridgehead atoms. The fraction of sp³-hybridized carbons (Fsp3) is 0.118. The minimum Gasteiger partial charge on any atom is -0.508 e. The van der Waals surface area contributed by atoms with Crippen LogP contribution < -0.4 is 5.32 Å². The quantitative estimate of drug-likeness (QED) is 0.572. The van der Waals surface area contributed by atoms with Gasteiger partial charge >= 0.3 is 0 Å². The Kier molecular flexibility index (Phi) is 4.02. The summed E-state index contributed by atoms with van der Waals surface area (Å²) in [5, 5.41) is 25.8. The number of rotatable bonds is 5. The summed E-state index contributed by atoms with van der Waals surface area (Å²) in [4.78, 5) is 0.680. The van der Waals surface area contributed by atoms with E-state index in [9.17, 15) is 9.50 Å². The molecule has 25 heavy (non-hydrogen) atoms. The van der Waals surface area contributed by atoms with Crippen LogP contribution in [0.25, 0.3) is 4.96 Å². The van der Waals surface area contributed by atoms with Crippen LogP contribution in [0.5, 0.6) is 5.75 Å². The molecule has 0 spiro atoms. The Morgan fingerprint density at radius 1 is 1.08 bits per heavy atom. The second-order valence-electron chi connectivity index (χ2n) is 5.52. The van der Waals surface area contributed by atoms with Gasteiger partial charge in [-0.1, -0.05) is 29.5 Å². The molecule has 0 aliphatic carbocycles. The Morgan fingerprint density at radius 2 is 1.92 bits per heavy atom. The van der Waals surface area contributed by atoms with Crippen molar-refractivity contribution < 1.29 is 9.50 Å². The lowest BCUT2D eigenvalue weighted by Gasteiger charge is -2.01. The van der Waals surface area contributed by atoms with Gasteiger partial charge in [-0.25, -0.2) is 4.39 Å². The maximum atomic E-state index is 13.3.